The monoisotopic (exact) mass is 430 g/mol. The Kier molecular flexibility index (Phi) is 6.80. The molecule has 0 radical (unpaired) electrons. The molecule has 0 saturated heterocycles. The van der Waals surface area contributed by atoms with Gasteiger partial charge in [0.2, 0.25) is 0 Å². The van der Waals surface area contributed by atoms with Crippen LogP contribution in [0.5, 0.6) is 0 Å². The third-order valence-electron chi connectivity index (χ3n) is 6.41. The van der Waals surface area contributed by atoms with Crippen LogP contribution in [-0.2, 0) is 22.7 Å². The number of nitrogens with one attached hydrogen (secondary N) is 1. The standard InChI is InChI=1S/C23H30N2O4S/c26-20(21(27)23(29)25-13-16-7-3-4-8-17(16)14-25)22(28)24-12-19-10-9-18(30-19)11-15-5-1-2-6-15/h3-4,7-8,10,15,18,20-21,26-27H,1-2,5-6,9,11-14H2,(H,24,28)/t18?,20-,21-/m1/s1. The van der Waals surface area contributed by atoms with Crippen LogP contribution < -0.4 is 5.32 Å². The lowest BCUT2D eigenvalue weighted by molar-refractivity contribution is -0.153. The van der Waals surface area contributed by atoms with Gasteiger partial charge in [-0.3, -0.25) is 9.59 Å². The first-order valence-corrected chi connectivity index (χ1v) is 11.7. The van der Waals surface area contributed by atoms with E-state index >= 15 is 0 Å². The molecule has 3 aliphatic rings. The minimum absolute atomic E-state index is 0.331. The van der Waals surface area contributed by atoms with Crippen molar-refractivity contribution in [1.82, 2.24) is 10.2 Å². The first-order chi connectivity index (χ1) is 14.5. The highest BCUT2D eigenvalue weighted by atomic mass is 32.2. The van der Waals surface area contributed by atoms with Gasteiger partial charge in [0.1, 0.15) is 0 Å². The summed E-state index contributed by atoms with van der Waals surface area (Å²) in [5.41, 5.74) is 2.05. The zero-order chi connectivity index (χ0) is 21.1. The molecule has 1 unspecified atom stereocenters. The molecule has 1 fully saturated rings. The van der Waals surface area contributed by atoms with E-state index in [4.69, 9.17) is 0 Å². The summed E-state index contributed by atoms with van der Waals surface area (Å²) >= 11 is 1.81. The summed E-state index contributed by atoms with van der Waals surface area (Å²) < 4.78 is 0. The van der Waals surface area contributed by atoms with Crippen LogP contribution >= 0.6 is 11.8 Å². The largest absolute Gasteiger partial charge is 0.380 e. The average Bonchev–Trinajstić information content (AvgIpc) is 3.51. The van der Waals surface area contributed by atoms with E-state index in [1.165, 1.54) is 37.0 Å². The second-order valence-electron chi connectivity index (χ2n) is 8.60. The zero-order valence-corrected chi connectivity index (χ0v) is 17.9. The molecule has 0 spiro atoms. The van der Waals surface area contributed by atoms with E-state index < -0.39 is 24.0 Å². The van der Waals surface area contributed by atoms with Crippen LogP contribution in [0, 0.1) is 5.92 Å². The Bertz CT molecular complexity index is 796. The number of aliphatic hydroxyl groups excluding tert-OH is 2. The Hall–Kier alpha value is -1.83. The lowest BCUT2D eigenvalue weighted by atomic mass is 10.0. The predicted octanol–water partition coefficient (Wildman–Crippen LogP) is 2.34. The van der Waals surface area contributed by atoms with Gasteiger partial charge in [0.25, 0.3) is 11.8 Å². The summed E-state index contributed by atoms with van der Waals surface area (Å²) in [5.74, 6) is -0.502. The van der Waals surface area contributed by atoms with Crippen molar-refractivity contribution in [2.75, 3.05) is 6.54 Å². The van der Waals surface area contributed by atoms with Crippen LogP contribution in [0.4, 0.5) is 0 Å². The third-order valence-corrected chi connectivity index (χ3v) is 7.74. The number of benzene rings is 1. The number of rotatable bonds is 7. The van der Waals surface area contributed by atoms with Gasteiger partial charge < -0.3 is 20.4 Å². The highest BCUT2D eigenvalue weighted by molar-refractivity contribution is 8.03. The van der Waals surface area contributed by atoms with Crippen LogP contribution in [0.2, 0.25) is 0 Å². The molecule has 1 saturated carbocycles. The maximum absolute atomic E-state index is 12.5. The van der Waals surface area contributed by atoms with Crippen molar-refractivity contribution in [1.29, 1.82) is 0 Å². The normalized spacial score (nSPS) is 23.2. The van der Waals surface area contributed by atoms with Gasteiger partial charge in [-0.1, -0.05) is 56.0 Å². The Morgan fingerprint density at radius 2 is 1.77 bits per heavy atom. The summed E-state index contributed by atoms with van der Waals surface area (Å²) in [7, 11) is 0. The summed E-state index contributed by atoms with van der Waals surface area (Å²) in [4.78, 5) is 27.4. The molecule has 30 heavy (non-hydrogen) atoms. The topological polar surface area (TPSA) is 89.9 Å². The molecule has 3 atom stereocenters. The number of hydrogen-bond donors (Lipinski definition) is 3. The first kappa shape index (κ1) is 21.4. The highest BCUT2D eigenvalue weighted by Crippen LogP contribution is 2.39. The molecule has 162 valence electrons. The maximum atomic E-state index is 12.5. The van der Waals surface area contributed by atoms with E-state index in [1.807, 2.05) is 24.3 Å². The number of amides is 2. The van der Waals surface area contributed by atoms with E-state index in [-0.39, 0.29) is 0 Å². The molecule has 2 heterocycles. The molecule has 1 aromatic rings. The summed E-state index contributed by atoms with van der Waals surface area (Å²) in [6.07, 6.45) is 6.23. The van der Waals surface area contributed by atoms with Crippen molar-refractivity contribution in [2.45, 2.75) is 69.1 Å². The molecule has 1 aliphatic carbocycles. The smallest absolute Gasteiger partial charge is 0.255 e. The Balaban J connectivity index is 1.21. The fourth-order valence-electron chi connectivity index (χ4n) is 4.68. The third kappa shape index (κ3) is 4.90. The van der Waals surface area contributed by atoms with Crippen LogP contribution in [0.1, 0.15) is 49.7 Å². The SMILES string of the molecule is O=C(NCC1=CCC(CC2CCCC2)S1)[C@H](O)[C@@H](O)C(=O)N1Cc2ccccc2C1. The summed E-state index contributed by atoms with van der Waals surface area (Å²) in [6, 6.07) is 7.68. The van der Waals surface area contributed by atoms with Gasteiger partial charge in [-0.05, 0) is 29.9 Å². The molecular weight excluding hydrogens is 400 g/mol. The van der Waals surface area contributed by atoms with Crippen LogP contribution in [-0.4, -0.2) is 50.9 Å². The fraction of sp³-hybridized carbons (Fsp3) is 0.565. The van der Waals surface area contributed by atoms with E-state index in [0.29, 0.717) is 24.9 Å². The van der Waals surface area contributed by atoms with E-state index in [1.54, 1.807) is 11.8 Å². The van der Waals surface area contributed by atoms with E-state index in [9.17, 15) is 19.8 Å². The Morgan fingerprint density at radius 1 is 1.10 bits per heavy atom. The fourth-order valence-corrected chi connectivity index (χ4v) is 6.02. The number of nitrogens with zero attached hydrogens (tertiary/aromatic N) is 1. The second kappa shape index (κ2) is 9.54. The number of aliphatic hydroxyl groups is 2. The van der Waals surface area contributed by atoms with Gasteiger partial charge in [-0.15, -0.1) is 11.8 Å². The minimum atomic E-state index is -1.78. The molecule has 2 aliphatic heterocycles. The van der Waals surface area contributed by atoms with Crippen molar-refractivity contribution in [3.63, 3.8) is 0 Å². The molecule has 7 heteroatoms. The molecular formula is C23H30N2O4S. The highest BCUT2D eigenvalue weighted by Gasteiger charge is 2.35. The maximum Gasteiger partial charge on any atom is 0.255 e. The Labute approximate surface area is 181 Å². The zero-order valence-electron chi connectivity index (χ0n) is 17.1. The molecule has 0 bridgehead atoms. The number of allylic oxidation sites excluding steroid dienone is 1. The van der Waals surface area contributed by atoms with Crippen LogP contribution in [0.3, 0.4) is 0 Å². The number of carbonyl (C=O) groups excluding carboxylic acids is 2. The van der Waals surface area contributed by atoms with Gasteiger partial charge in [0.05, 0.1) is 0 Å². The summed E-state index contributed by atoms with van der Waals surface area (Å²) in [6.45, 7) is 1.09. The number of carbonyl (C=O) groups is 2. The predicted molar refractivity (Wildman–Crippen MR) is 116 cm³/mol. The average molecular weight is 431 g/mol. The van der Waals surface area contributed by atoms with Gasteiger partial charge in [0.15, 0.2) is 12.2 Å². The quantitative estimate of drug-likeness (QED) is 0.618. The van der Waals surface area contributed by atoms with Crippen molar-refractivity contribution in [3.8, 4) is 0 Å². The molecule has 0 aromatic heterocycles. The van der Waals surface area contributed by atoms with Crippen molar-refractivity contribution >= 4 is 23.6 Å². The van der Waals surface area contributed by atoms with Crippen LogP contribution in [0.25, 0.3) is 0 Å². The second-order valence-corrected chi connectivity index (χ2v) is 10.0. The molecule has 3 N–H and O–H groups in total. The van der Waals surface area contributed by atoms with Gasteiger partial charge in [-0.25, -0.2) is 0 Å². The Morgan fingerprint density at radius 3 is 2.43 bits per heavy atom. The first-order valence-electron chi connectivity index (χ1n) is 10.9. The number of thioether (sulfide) groups is 1. The van der Waals surface area contributed by atoms with Crippen molar-refractivity contribution in [3.05, 3.63) is 46.4 Å². The minimum Gasteiger partial charge on any atom is -0.380 e. The van der Waals surface area contributed by atoms with Gasteiger partial charge in [-0.2, -0.15) is 0 Å². The molecule has 1 aromatic carbocycles. The van der Waals surface area contributed by atoms with Crippen LogP contribution in [0.15, 0.2) is 35.2 Å². The number of hydrogen-bond acceptors (Lipinski definition) is 5. The molecule has 2 amide bonds. The van der Waals surface area contributed by atoms with E-state index in [2.05, 4.69) is 11.4 Å². The number of fused-ring (bicyclic) bond motifs is 1. The lowest BCUT2D eigenvalue weighted by Crippen LogP contribution is -2.49. The molecule has 4 rings (SSSR count). The molecule has 6 nitrogen and oxygen atoms in total. The lowest BCUT2D eigenvalue weighted by Gasteiger charge is -2.22. The van der Waals surface area contributed by atoms with Crippen molar-refractivity contribution in [2.24, 2.45) is 5.92 Å². The van der Waals surface area contributed by atoms with Crippen molar-refractivity contribution < 1.29 is 19.8 Å². The van der Waals surface area contributed by atoms with Gasteiger partial charge >= 0.3 is 0 Å². The summed E-state index contributed by atoms with van der Waals surface area (Å²) in [5, 5.41) is 23.7. The van der Waals surface area contributed by atoms with E-state index in [0.717, 1.165) is 28.4 Å². The van der Waals surface area contributed by atoms with Gasteiger partial charge in [0, 0.05) is 29.8 Å².